The van der Waals surface area contributed by atoms with Crippen molar-refractivity contribution < 1.29 is 13.2 Å². The Morgan fingerprint density at radius 2 is 2.10 bits per heavy atom. The third kappa shape index (κ3) is 3.73. The fourth-order valence-electron chi connectivity index (χ4n) is 2.81. The molecule has 0 aromatic heterocycles. The molecular weight excluding hydrogens is 274 g/mol. The van der Waals surface area contributed by atoms with Gasteiger partial charge in [-0.15, -0.1) is 0 Å². The summed E-state index contributed by atoms with van der Waals surface area (Å²) in [6, 6.07) is 7.98. The number of hydrogen-bond acceptors (Lipinski definition) is 4. The summed E-state index contributed by atoms with van der Waals surface area (Å²) in [6.07, 6.45) is 0.855. The van der Waals surface area contributed by atoms with Gasteiger partial charge in [-0.1, -0.05) is 12.1 Å². The van der Waals surface area contributed by atoms with Crippen LogP contribution in [0.25, 0.3) is 0 Å². The fourth-order valence-corrected chi connectivity index (χ4v) is 4.65. The maximum Gasteiger partial charge on any atom is 0.150 e. The Kier molecular flexibility index (Phi) is 4.70. The molecule has 1 aliphatic rings. The minimum atomic E-state index is -2.86. The molecule has 1 N–H and O–H groups in total. The van der Waals surface area contributed by atoms with Gasteiger partial charge in [0.15, 0.2) is 9.84 Å². The van der Waals surface area contributed by atoms with Crippen molar-refractivity contribution in [2.45, 2.75) is 32.4 Å². The predicted molar refractivity (Wildman–Crippen MR) is 80.8 cm³/mol. The second kappa shape index (κ2) is 6.14. The van der Waals surface area contributed by atoms with Crippen LogP contribution in [0.2, 0.25) is 0 Å². The summed E-state index contributed by atoms with van der Waals surface area (Å²) in [4.78, 5) is 0. The molecule has 4 nitrogen and oxygen atoms in total. The lowest BCUT2D eigenvalue weighted by Gasteiger charge is -2.23. The van der Waals surface area contributed by atoms with Crippen LogP contribution < -0.4 is 10.1 Å². The van der Waals surface area contributed by atoms with E-state index < -0.39 is 9.84 Å². The summed E-state index contributed by atoms with van der Waals surface area (Å²) in [5.74, 6) is 1.55. The van der Waals surface area contributed by atoms with Crippen molar-refractivity contribution in [3.63, 3.8) is 0 Å². The number of nitrogens with one attached hydrogen (secondary N) is 1. The van der Waals surface area contributed by atoms with Crippen molar-refractivity contribution >= 4 is 9.84 Å². The fraction of sp³-hybridized carbons (Fsp3) is 0.600. The van der Waals surface area contributed by atoms with E-state index in [1.54, 1.807) is 0 Å². The number of sulfone groups is 1. The van der Waals surface area contributed by atoms with Crippen LogP contribution in [0, 0.1) is 5.92 Å². The molecule has 20 heavy (non-hydrogen) atoms. The minimum Gasteiger partial charge on any atom is -0.491 e. The predicted octanol–water partition coefficient (Wildman–Crippen LogP) is 2.17. The highest BCUT2D eigenvalue weighted by Crippen LogP contribution is 2.32. The van der Waals surface area contributed by atoms with Gasteiger partial charge in [-0.25, -0.2) is 8.42 Å². The first-order valence-corrected chi connectivity index (χ1v) is 8.88. The smallest absolute Gasteiger partial charge is 0.150 e. The van der Waals surface area contributed by atoms with E-state index in [9.17, 15) is 8.42 Å². The van der Waals surface area contributed by atoms with Crippen LogP contribution in [-0.4, -0.2) is 33.1 Å². The van der Waals surface area contributed by atoms with Crippen LogP contribution in [0.4, 0.5) is 0 Å². The molecule has 1 aromatic rings. The van der Waals surface area contributed by atoms with Crippen LogP contribution in [0.1, 0.15) is 31.9 Å². The molecule has 1 fully saturated rings. The highest BCUT2D eigenvalue weighted by molar-refractivity contribution is 7.91. The first-order valence-electron chi connectivity index (χ1n) is 7.05. The molecule has 0 amide bonds. The van der Waals surface area contributed by atoms with Gasteiger partial charge < -0.3 is 10.1 Å². The lowest BCUT2D eigenvalue weighted by Crippen LogP contribution is -2.26. The Morgan fingerprint density at radius 1 is 1.35 bits per heavy atom. The van der Waals surface area contributed by atoms with Gasteiger partial charge in [-0.3, -0.25) is 0 Å². The zero-order valence-corrected chi connectivity index (χ0v) is 13.1. The molecular formula is C15H23NO3S. The molecule has 0 aliphatic carbocycles. The van der Waals surface area contributed by atoms with Crippen molar-refractivity contribution in [3.8, 4) is 5.75 Å². The maximum atomic E-state index is 11.7. The summed E-state index contributed by atoms with van der Waals surface area (Å²) >= 11 is 0. The summed E-state index contributed by atoms with van der Waals surface area (Å²) in [5, 5.41) is 3.26. The average molecular weight is 297 g/mol. The quantitative estimate of drug-likeness (QED) is 0.905. The standard InChI is InChI=1S/C15H23NO3S/c1-11(2)19-14-6-4-5-12(9-14)15(16-3)13-7-8-20(17,18)10-13/h4-6,9,11,13,15-16H,7-8,10H2,1-3H3. The van der Waals surface area contributed by atoms with E-state index in [4.69, 9.17) is 4.74 Å². The zero-order chi connectivity index (χ0) is 14.8. The Bertz CT molecular complexity index is 554. The molecule has 2 atom stereocenters. The molecule has 1 aromatic carbocycles. The molecule has 112 valence electrons. The van der Waals surface area contributed by atoms with Crippen molar-refractivity contribution in [2.75, 3.05) is 18.6 Å². The van der Waals surface area contributed by atoms with Crippen LogP contribution in [0.15, 0.2) is 24.3 Å². The van der Waals surface area contributed by atoms with Crippen molar-refractivity contribution in [1.82, 2.24) is 5.32 Å². The van der Waals surface area contributed by atoms with E-state index in [1.807, 2.05) is 45.2 Å². The number of rotatable bonds is 5. The molecule has 2 unspecified atom stereocenters. The number of hydrogen-bond donors (Lipinski definition) is 1. The third-order valence-corrected chi connectivity index (χ3v) is 5.43. The molecule has 0 radical (unpaired) electrons. The summed E-state index contributed by atoms with van der Waals surface area (Å²) < 4.78 is 29.0. The van der Waals surface area contributed by atoms with Crippen LogP contribution in [-0.2, 0) is 9.84 Å². The monoisotopic (exact) mass is 297 g/mol. The second-order valence-corrected chi connectivity index (χ2v) is 7.90. The van der Waals surface area contributed by atoms with Crippen LogP contribution in [0.5, 0.6) is 5.75 Å². The Balaban J connectivity index is 2.19. The molecule has 0 spiro atoms. The Morgan fingerprint density at radius 3 is 2.65 bits per heavy atom. The van der Waals surface area contributed by atoms with Crippen molar-refractivity contribution in [2.24, 2.45) is 5.92 Å². The molecule has 1 saturated heterocycles. The lowest BCUT2D eigenvalue weighted by atomic mass is 9.92. The van der Waals surface area contributed by atoms with E-state index in [0.29, 0.717) is 5.75 Å². The SMILES string of the molecule is CNC(c1cccc(OC(C)C)c1)C1CCS(=O)(=O)C1. The number of benzene rings is 1. The van der Waals surface area contributed by atoms with Gasteiger partial charge in [0.05, 0.1) is 17.6 Å². The Labute approximate surface area is 121 Å². The second-order valence-electron chi connectivity index (χ2n) is 5.67. The van der Waals surface area contributed by atoms with Gasteiger partial charge in [0.1, 0.15) is 5.75 Å². The normalized spacial score (nSPS) is 22.9. The van der Waals surface area contributed by atoms with Crippen molar-refractivity contribution in [1.29, 1.82) is 0 Å². The lowest BCUT2D eigenvalue weighted by molar-refractivity contribution is 0.242. The van der Waals surface area contributed by atoms with Crippen molar-refractivity contribution in [3.05, 3.63) is 29.8 Å². The van der Waals surface area contributed by atoms with E-state index >= 15 is 0 Å². The zero-order valence-electron chi connectivity index (χ0n) is 12.3. The number of ether oxygens (including phenoxy) is 1. The highest BCUT2D eigenvalue weighted by atomic mass is 32.2. The van der Waals surface area contributed by atoms with Gasteiger partial charge in [0, 0.05) is 6.04 Å². The maximum absolute atomic E-state index is 11.7. The first-order chi connectivity index (χ1) is 9.41. The van der Waals surface area contributed by atoms with Gasteiger partial charge in [-0.2, -0.15) is 0 Å². The largest absolute Gasteiger partial charge is 0.491 e. The molecule has 1 aliphatic heterocycles. The van der Waals surface area contributed by atoms with Gasteiger partial charge in [0.2, 0.25) is 0 Å². The van der Waals surface area contributed by atoms with Crippen LogP contribution >= 0.6 is 0 Å². The van der Waals surface area contributed by atoms with E-state index in [-0.39, 0.29) is 23.8 Å². The van der Waals surface area contributed by atoms with Gasteiger partial charge >= 0.3 is 0 Å². The molecule has 1 heterocycles. The molecule has 0 bridgehead atoms. The van der Waals surface area contributed by atoms with E-state index in [0.717, 1.165) is 17.7 Å². The highest BCUT2D eigenvalue weighted by Gasteiger charge is 2.33. The summed E-state index contributed by atoms with van der Waals surface area (Å²) in [6.45, 7) is 3.98. The molecule has 2 rings (SSSR count). The van der Waals surface area contributed by atoms with Gasteiger partial charge in [-0.05, 0) is 50.9 Å². The van der Waals surface area contributed by atoms with Gasteiger partial charge in [0.25, 0.3) is 0 Å². The minimum absolute atomic E-state index is 0.0583. The molecule has 5 heteroatoms. The third-order valence-electron chi connectivity index (χ3n) is 3.64. The average Bonchev–Trinajstić information content (AvgIpc) is 2.70. The summed E-state index contributed by atoms with van der Waals surface area (Å²) in [7, 11) is -0.978. The summed E-state index contributed by atoms with van der Waals surface area (Å²) in [5.41, 5.74) is 1.09. The Hall–Kier alpha value is -1.07. The first kappa shape index (κ1) is 15.3. The van der Waals surface area contributed by atoms with E-state index in [1.165, 1.54) is 0 Å². The van der Waals surface area contributed by atoms with Crippen LogP contribution in [0.3, 0.4) is 0 Å². The van der Waals surface area contributed by atoms with E-state index in [2.05, 4.69) is 5.32 Å². The molecule has 0 saturated carbocycles. The topological polar surface area (TPSA) is 55.4 Å².